The van der Waals surface area contributed by atoms with Crippen LogP contribution in [0.4, 0.5) is 0 Å². The molecule has 0 aliphatic carbocycles. The second kappa shape index (κ2) is 3.37. The van der Waals surface area contributed by atoms with Crippen molar-refractivity contribution in [3.8, 4) is 11.4 Å². The van der Waals surface area contributed by atoms with E-state index in [9.17, 15) is 0 Å². The van der Waals surface area contributed by atoms with Gasteiger partial charge in [0.25, 0.3) is 0 Å². The number of nitrogens with two attached hydrogens (primary N) is 1. The summed E-state index contributed by atoms with van der Waals surface area (Å²) >= 11 is 0. The van der Waals surface area contributed by atoms with Crippen LogP contribution in [0.5, 0.6) is 0 Å². The zero-order valence-electron chi connectivity index (χ0n) is 7.07. The van der Waals surface area contributed by atoms with Gasteiger partial charge in [-0.3, -0.25) is 10.1 Å². The molecule has 0 radical (unpaired) electrons. The normalized spacial score (nSPS) is 10.2. The molecule has 4 nitrogen and oxygen atoms in total. The van der Waals surface area contributed by atoms with Crippen molar-refractivity contribution in [3.63, 3.8) is 0 Å². The molecule has 2 heterocycles. The van der Waals surface area contributed by atoms with Gasteiger partial charge in [0.15, 0.2) is 0 Å². The van der Waals surface area contributed by atoms with Gasteiger partial charge in [-0.05, 0) is 18.2 Å². The van der Waals surface area contributed by atoms with Gasteiger partial charge >= 0.3 is 0 Å². The van der Waals surface area contributed by atoms with Crippen LogP contribution >= 0.6 is 0 Å². The quantitative estimate of drug-likeness (QED) is 0.711. The van der Waals surface area contributed by atoms with E-state index in [1.54, 1.807) is 6.20 Å². The first-order chi connectivity index (χ1) is 6.40. The van der Waals surface area contributed by atoms with Crippen molar-refractivity contribution in [2.75, 3.05) is 0 Å². The Morgan fingerprint density at radius 2 is 2.23 bits per heavy atom. The molecule has 0 aliphatic rings. The Morgan fingerprint density at radius 1 is 1.31 bits per heavy atom. The van der Waals surface area contributed by atoms with Crippen molar-refractivity contribution in [3.05, 3.63) is 36.2 Å². The number of pyridine rings is 1. The third-order valence-corrected chi connectivity index (χ3v) is 1.78. The number of rotatable bonds is 2. The molecule has 0 amide bonds. The summed E-state index contributed by atoms with van der Waals surface area (Å²) in [5.41, 5.74) is 8.06. The second-order valence-electron chi connectivity index (χ2n) is 2.70. The second-order valence-corrected chi connectivity index (χ2v) is 2.70. The molecule has 0 aromatic carbocycles. The van der Waals surface area contributed by atoms with E-state index in [4.69, 9.17) is 5.73 Å². The van der Waals surface area contributed by atoms with E-state index in [2.05, 4.69) is 15.2 Å². The molecule has 0 aliphatic heterocycles. The maximum Gasteiger partial charge on any atom is 0.111 e. The Bertz CT molecular complexity index is 380. The maximum atomic E-state index is 5.45. The smallest absolute Gasteiger partial charge is 0.111 e. The lowest BCUT2D eigenvalue weighted by atomic mass is 10.2. The number of aromatic nitrogens is 3. The highest BCUT2D eigenvalue weighted by atomic mass is 15.1. The Hall–Kier alpha value is -1.68. The number of nitrogens with zero attached hydrogens (tertiary/aromatic N) is 2. The summed E-state index contributed by atoms with van der Waals surface area (Å²) in [6.45, 7) is 0.472. The van der Waals surface area contributed by atoms with Gasteiger partial charge in [-0.25, -0.2) is 0 Å². The lowest BCUT2D eigenvalue weighted by molar-refractivity contribution is 0.947. The molecule has 0 saturated carbocycles. The van der Waals surface area contributed by atoms with Crippen LogP contribution in [-0.4, -0.2) is 15.2 Å². The van der Waals surface area contributed by atoms with Crippen LogP contribution in [0.1, 0.15) is 5.69 Å². The topological polar surface area (TPSA) is 67.6 Å². The fourth-order valence-corrected chi connectivity index (χ4v) is 1.11. The van der Waals surface area contributed by atoms with E-state index in [1.165, 1.54) is 0 Å². The van der Waals surface area contributed by atoms with Crippen molar-refractivity contribution in [1.82, 2.24) is 15.2 Å². The highest BCUT2D eigenvalue weighted by Gasteiger charge is 2.02. The van der Waals surface area contributed by atoms with Crippen molar-refractivity contribution in [2.24, 2.45) is 5.73 Å². The summed E-state index contributed by atoms with van der Waals surface area (Å²) in [6, 6.07) is 7.62. The summed E-state index contributed by atoms with van der Waals surface area (Å²) in [7, 11) is 0. The third kappa shape index (κ3) is 1.57. The Kier molecular flexibility index (Phi) is 2.06. The van der Waals surface area contributed by atoms with Crippen LogP contribution in [-0.2, 0) is 6.54 Å². The van der Waals surface area contributed by atoms with Gasteiger partial charge in [-0.2, -0.15) is 5.10 Å². The Labute approximate surface area is 75.8 Å². The van der Waals surface area contributed by atoms with E-state index >= 15 is 0 Å². The van der Waals surface area contributed by atoms with Gasteiger partial charge < -0.3 is 5.73 Å². The highest BCUT2D eigenvalue weighted by molar-refractivity contribution is 5.53. The van der Waals surface area contributed by atoms with Gasteiger partial charge in [0.05, 0.1) is 5.69 Å². The standard InChI is InChI=1S/C9H10N4/c10-6-7-5-9(13-12-7)8-3-1-2-4-11-8/h1-5H,6,10H2,(H,12,13). The average molecular weight is 174 g/mol. The molecular weight excluding hydrogens is 164 g/mol. The molecule has 13 heavy (non-hydrogen) atoms. The number of aromatic amines is 1. The van der Waals surface area contributed by atoms with Gasteiger partial charge in [0.2, 0.25) is 0 Å². The Morgan fingerprint density at radius 3 is 2.85 bits per heavy atom. The molecule has 66 valence electrons. The first-order valence-electron chi connectivity index (χ1n) is 4.06. The van der Waals surface area contributed by atoms with Crippen molar-refractivity contribution < 1.29 is 0 Å². The molecule has 0 atom stereocenters. The van der Waals surface area contributed by atoms with E-state index < -0.39 is 0 Å². The molecule has 2 aromatic heterocycles. The summed E-state index contributed by atoms with van der Waals surface area (Å²) in [5, 5.41) is 6.93. The van der Waals surface area contributed by atoms with Crippen molar-refractivity contribution in [1.29, 1.82) is 0 Å². The minimum Gasteiger partial charge on any atom is -0.325 e. The summed E-state index contributed by atoms with van der Waals surface area (Å²) < 4.78 is 0. The summed E-state index contributed by atoms with van der Waals surface area (Å²) in [5.74, 6) is 0. The SMILES string of the molecule is NCc1cc(-c2ccccn2)n[nH]1. The van der Waals surface area contributed by atoms with E-state index in [0.717, 1.165) is 17.1 Å². The molecule has 0 saturated heterocycles. The van der Waals surface area contributed by atoms with E-state index in [1.807, 2.05) is 24.3 Å². The number of nitrogens with one attached hydrogen (secondary N) is 1. The fraction of sp³-hybridized carbons (Fsp3) is 0.111. The minimum atomic E-state index is 0.472. The zero-order valence-corrected chi connectivity index (χ0v) is 7.07. The highest BCUT2D eigenvalue weighted by Crippen LogP contribution is 2.13. The molecule has 0 fully saturated rings. The molecule has 0 unspecified atom stereocenters. The van der Waals surface area contributed by atoms with Gasteiger partial charge in [0, 0.05) is 18.4 Å². The fourth-order valence-electron chi connectivity index (χ4n) is 1.11. The van der Waals surface area contributed by atoms with Crippen LogP contribution in [0.25, 0.3) is 11.4 Å². The molecule has 2 rings (SSSR count). The monoisotopic (exact) mass is 174 g/mol. The van der Waals surface area contributed by atoms with Crippen LogP contribution in [0.15, 0.2) is 30.5 Å². The van der Waals surface area contributed by atoms with Gasteiger partial charge in [0.1, 0.15) is 5.69 Å². The maximum absolute atomic E-state index is 5.45. The van der Waals surface area contributed by atoms with Crippen LogP contribution in [0, 0.1) is 0 Å². The predicted octanol–water partition coefficient (Wildman–Crippen LogP) is 0.930. The molecular formula is C9H10N4. The summed E-state index contributed by atoms with van der Waals surface area (Å²) in [4.78, 5) is 4.17. The third-order valence-electron chi connectivity index (χ3n) is 1.78. The first kappa shape index (κ1) is 7.94. The summed E-state index contributed by atoms with van der Waals surface area (Å²) in [6.07, 6.45) is 1.74. The molecule has 4 heteroatoms. The number of hydrogen-bond acceptors (Lipinski definition) is 3. The minimum absolute atomic E-state index is 0.472. The first-order valence-corrected chi connectivity index (χ1v) is 4.06. The molecule has 0 spiro atoms. The van der Waals surface area contributed by atoms with E-state index in [-0.39, 0.29) is 0 Å². The van der Waals surface area contributed by atoms with Gasteiger partial charge in [-0.1, -0.05) is 6.07 Å². The average Bonchev–Trinajstić information content (AvgIpc) is 2.67. The molecule has 0 bridgehead atoms. The molecule has 2 aromatic rings. The zero-order chi connectivity index (χ0) is 9.10. The van der Waals surface area contributed by atoms with Crippen molar-refractivity contribution >= 4 is 0 Å². The number of hydrogen-bond donors (Lipinski definition) is 2. The lowest BCUT2D eigenvalue weighted by Gasteiger charge is -1.91. The largest absolute Gasteiger partial charge is 0.325 e. The van der Waals surface area contributed by atoms with Crippen LogP contribution in [0.3, 0.4) is 0 Å². The Balaban J connectivity index is 2.36. The van der Waals surface area contributed by atoms with Gasteiger partial charge in [-0.15, -0.1) is 0 Å². The van der Waals surface area contributed by atoms with E-state index in [0.29, 0.717) is 6.54 Å². The van der Waals surface area contributed by atoms with Crippen molar-refractivity contribution in [2.45, 2.75) is 6.54 Å². The number of H-pyrrole nitrogens is 1. The lowest BCUT2D eigenvalue weighted by Crippen LogP contribution is -1.95. The van der Waals surface area contributed by atoms with Crippen LogP contribution < -0.4 is 5.73 Å². The molecule has 3 N–H and O–H groups in total. The van der Waals surface area contributed by atoms with Crippen LogP contribution in [0.2, 0.25) is 0 Å². The predicted molar refractivity (Wildman–Crippen MR) is 49.7 cm³/mol.